The Balaban J connectivity index is 2.72. The molecule has 0 saturated heterocycles. The molecular formula is C18H18O6S. The van der Waals surface area contributed by atoms with Crippen molar-refractivity contribution in [3.63, 3.8) is 0 Å². The third-order valence-corrected chi connectivity index (χ3v) is 4.56. The molecule has 0 spiro atoms. The van der Waals surface area contributed by atoms with E-state index in [0.717, 1.165) is 11.6 Å². The minimum Gasteiger partial charge on any atom is -0.494 e. The molecule has 0 atom stereocenters. The summed E-state index contributed by atoms with van der Waals surface area (Å²) in [5, 5.41) is 0.553. The largest absolute Gasteiger partial charge is 0.494 e. The molecule has 0 aliphatic rings. The molecule has 1 heterocycles. The summed E-state index contributed by atoms with van der Waals surface area (Å²) in [6, 6.07) is 9.47. The van der Waals surface area contributed by atoms with Crippen molar-refractivity contribution < 1.29 is 28.5 Å². The van der Waals surface area contributed by atoms with Crippen molar-refractivity contribution in [3.05, 3.63) is 41.3 Å². The zero-order valence-electron chi connectivity index (χ0n) is 14.3. The van der Waals surface area contributed by atoms with Crippen LogP contribution in [0.5, 0.6) is 10.8 Å². The Morgan fingerprint density at radius 1 is 0.960 bits per heavy atom. The van der Waals surface area contributed by atoms with Crippen molar-refractivity contribution >= 4 is 28.8 Å². The van der Waals surface area contributed by atoms with Crippen LogP contribution in [0.2, 0.25) is 0 Å². The molecule has 0 aliphatic heterocycles. The molecule has 1 aromatic carbocycles. The molecule has 1 aromatic heterocycles. The summed E-state index contributed by atoms with van der Waals surface area (Å²) >= 11 is 1.19. The Hall–Kier alpha value is -2.80. The average Bonchev–Trinajstić information content (AvgIpc) is 3.04. The third-order valence-electron chi connectivity index (χ3n) is 3.40. The molecule has 0 radical (unpaired) electrons. The first-order chi connectivity index (χ1) is 12.1. The third kappa shape index (κ3) is 3.83. The van der Waals surface area contributed by atoms with Gasteiger partial charge in [-0.1, -0.05) is 41.7 Å². The molecule has 2 rings (SSSR count). The molecule has 0 fully saturated rings. The van der Waals surface area contributed by atoms with Gasteiger partial charge in [0.2, 0.25) is 0 Å². The highest BCUT2D eigenvalue weighted by Crippen LogP contribution is 2.50. The summed E-state index contributed by atoms with van der Waals surface area (Å²) in [5.41, 5.74) is 1.60. The predicted octanol–water partition coefficient (Wildman–Crippen LogP) is 3.16. The van der Waals surface area contributed by atoms with Gasteiger partial charge in [-0.2, -0.15) is 0 Å². The molecule has 0 saturated carbocycles. The van der Waals surface area contributed by atoms with E-state index in [1.165, 1.54) is 39.8 Å². The van der Waals surface area contributed by atoms with E-state index in [4.69, 9.17) is 14.2 Å². The first kappa shape index (κ1) is 18.5. The van der Waals surface area contributed by atoms with E-state index in [2.05, 4.69) is 4.74 Å². The highest BCUT2D eigenvalue weighted by molar-refractivity contribution is 7.16. The van der Waals surface area contributed by atoms with Gasteiger partial charge >= 0.3 is 11.9 Å². The number of rotatable bonds is 6. The number of thiophene rings is 1. The van der Waals surface area contributed by atoms with E-state index < -0.39 is 11.9 Å². The van der Waals surface area contributed by atoms with Crippen LogP contribution >= 0.6 is 11.3 Å². The van der Waals surface area contributed by atoms with Crippen LogP contribution in [0.3, 0.4) is 0 Å². The topological polar surface area (TPSA) is 71.1 Å². The molecule has 0 amide bonds. The van der Waals surface area contributed by atoms with Crippen molar-refractivity contribution in [2.45, 2.75) is 0 Å². The molecular weight excluding hydrogens is 344 g/mol. The number of benzene rings is 1. The first-order valence-corrected chi connectivity index (χ1v) is 8.07. The molecule has 0 bridgehead atoms. The zero-order chi connectivity index (χ0) is 18.4. The van der Waals surface area contributed by atoms with Gasteiger partial charge < -0.3 is 18.9 Å². The summed E-state index contributed by atoms with van der Waals surface area (Å²) < 4.78 is 20.4. The lowest BCUT2D eigenvalue weighted by Gasteiger charge is -2.08. The molecule has 132 valence electrons. The molecule has 0 N–H and O–H groups in total. The monoisotopic (exact) mass is 362 g/mol. The van der Waals surface area contributed by atoms with Crippen LogP contribution in [0.4, 0.5) is 0 Å². The standard InChI is InChI=1S/C18H18O6S/c1-21-13(19)10-12(17(20)23-3)16-15(22-2)14(18(24-4)25-16)11-8-6-5-7-9-11/h5-10H,1-4H3/b12-10-. The second-order valence-electron chi connectivity index (χ2n) is 4.77. The van der Waals surface area contributed by atoms with E-state index in [1.54, 1.807) is 0 Å². The van der Waals surface area contributed by atoms with Gasteiger partial charge in [-0.3, -0.25) is 0 Å². The van der Waals surface area contributed by atoms with Gasteiger partial charge in [0, 0.05) is 6.08 Å². The van der Waals surface area contributed by atoms with Gasteiger partial charge in [0.15, 0.2) is 5.06 Å². The number of carbonyl (C=O) groups excluding carboxylic acids is 2. The Morgan fingerprint density at radius 2 is 1.64 bits per heavy atom. The Morgan fingerprint density at radius 3 is 2.16 bits per heavy atom. The number of esters is 2. The van der Waals surface area contributed by atoms with Gasteiger partial charge in [0.25, 0.3) is 0 Å². The van der Waals surface area contributed by atoms with Crippen molar-refractivity contribution in [2.75, 3.05) is 28.4 Å². The average molecular weight is 362 g/mol. The normalized spacial score (nSPS) is 11.0. The second-order valence-corrected chi connectivity index (χ2v) is 5.75. The van der Waals surface area contributed by atoms with E-state index in [0.29, 0.717) is 21.3 Å². The van der Waals surface area contributed by atoms with Crippen LogP contribution in [-0.4, -0.2) is 40.4 Å². The molecule has 7 heteroatoms. The molecule has 0 aliphatic carbocycles. The second kappa shape index (κ2) is 8.34. The van der Waals surface area contributed by atoms with Crippen LogP contribution in [0.25, 0.3) is 16.7 Å². The number of ether oxygens (including phenoxy) is 4. The first-order valence-electron chi connectivity index (χ1n) is 7.25. The van der Waals surface area contributed by atoms with Gasteiger partial charge in [-0.05, 0) is 5.56 Å². The predicted molar refractivity (Wildman–Crippen MR) is 94.9 cm³/mol. The summed E-state index contributed by atoms with van der Waals surface area (Å²) in [7, 11) is 5.49. The Labute approximate surface area is 149 Å². The lowest BCUT2D eigenvalue weighted by Crippen LogP contribution is -2.07. The van der Waals surface area contributed by atoms with Crippen molar-refractivity contribution in [2.24, 2.45) is 0 Å². The molecule has 6 nitrogen and oxygen atoms in total. The Bertz CT molecular complexity index is 791. The number of methoxy groups -OCH3 is 4. The lowest BCUT2D eigenvalue weighted by molar-refractivity contribution is -0.136. The summed E-state index contributed by atoms with van der Waals surface area (Å²) in [5.74, 6) is -0.920. The van der Waals surface area contributed by atoms with Crippen LogP contribution in [0.1, 0.15) is 4.88 Å². The van der Waals surface area contributed by atoms with Crippen molar-refractivity contribution in [1.29, 1.82) is 0 Å². The maximum Gasteiger partial charge on any atom is 0.339 e. The van der Waals surface area contributed by atoms with Crippen molar-refractivity contribution in [1.82, 2.24) is 0 Å². The van der Waals surface area contributed by atoms with Gasteiger partial charge in [-0.25, -0.2) is 9.59 Å². The van der Waals surface area contributed by atoms with Gasteiger partial charge in [-0.15, -0.1) is 0 Å². The fourth-order valence-corrected chi connectivity index (χ4v) is 3.38. The van der Waals surface area contributed by atoms with E-state index in [9.17, 15) is 9.59 Å². The van der Waals surface area contributed by atoms with Crippen LogP contribution in [0.15, 0.2) is 36.4 Å². The van der Waals surface area contributed by atoms with Crippen LogP contribution in [0, 0.1) is 0 Å². The Kier molecular flexibility index (Phi) is 6.19. The summed E-state index contributed by atoms with van der Waals surface area (Å²) in [6.45, 7) is 0. The highest BCUT2D eigenvalue weighted by Gasteiger charge is 2.28. The molecule has 25 heavy (non-hydrogen) atoms. The van der Waals surface area contributed by atoms with Crippen molar-refractivity contribution in [3.8, 4) is 21.9 Å². The maximum absolute atomic E-state index is 12.2. The van der Waals surface area contributed by atoms with E-state index >= 15 is 0 Å². The van der Waals surface area contributed by atoms with E-state index in [1.807, 2.05) is 30.3 Å². The summed E-state index contributed by atoms with van der Waals surface area (Å²) in [4.78, 5) is 24.3. The smallest absolute Gasteiger partial charge is 0.339 e. The fourth-order valence-electron chi connectivity index (χ4n) is 2.27. The minimum absolute atomic E-state index is 0.0386. The number of hydrogen-bond donors (Lipinski definition) is 0. The number of carbonyl (C=O) groups is 2. The van der Waals surface area contributed by atoms with Crippen LogP contribution in [-0.2, 0) is 19.1 Å². The minimum atomic E-state index is -0.674. The summed E-state index contributed by atoms with van der Waals surface area (Å²) in [6.07, 6.45) is 1.08. The lowest BCUT2D eigenvalue weighted by atomic mass is 10.1. The highest BCUT2D eigenvalue weighted by atomic mass is 32.1. The SMILES string of the molecule is COC(=O)/C=C(\C(=O)OC)c1sc(OC)c(-c2ccccc2)c1OC. The zero-order valence-corrected chi connectivity index (χ0v) is 15.1. The van der Waals surface area contributed by atoms with Gasteiger partial charge in [0.05, 0.1) is 44.5 Å². The fraction of sp³-hybridized carbons (Fsp3) is 0.222. The van der Waals surface area contributed by atoms with Crippen LogP contribution < -0.4 is 9.47 Å². The van der Waals surface area contributed by atoms with Gasteiger partial charge in [0.1, 0.15) is 5.75 Å². The molecule has 2 aromatic rings. The molecule has 0 unspecified atom stereocenters. The quantitative estimate of drug-likeness (QED) is 0.581. The number of hydrogen-bond acceptors (Lipinski definition) is 7. The van der Waals surface area contributed by atoms with E-state index in [-0.39, 0.29) is 5.57 Å². The maximum atomic E-state index is 12.2.